The zero-order valence-electron chi connectivity index (χ0n) is 10.4. The Morgan fingerprint density at radius 1 is 1.50 bits per heavy atom. The molecule has 0 aliphatic heterocycles. The summed E-state index contributed by atoms with van der Waals surface area (Å²) in [5.41, 5.74) is 2.39. The number of rotatable bonds is 5. The first-order valence-electron chi connectivity index (χ1n) is 5.52. The summed E-state index contributed by atoms with van der Waals surface area (Å²) in [6.45, 7) is 7.30. The minimum Gasteiger partial charge on any atom is -0.481 e. The molecule has 1 N–H and O–H groups in total. The molecule has 0 aliphatic carbocycles. The molecule has 0 saturated heterocycles. The molecule has 1 aromatic heterocycles. The van der Waals surface area contributed by atoms with E-state index in [9.17, 15) is 0 Å². The fraction of sp³-hybridized carbons (Fsp3) is 0.462. The second-order valence-corrected chi connectivity index (χ2v) is 4.16. The fourth-order valence-corrected chi connectivity index (χ4v) is 1.30. The Morgan fingerprint density at radius 2 is 2.25 bits per heavy atom. The molecule has 3 heteroatoms. The quantitative estimate of drug-likeness (QED) is 0.827. The van der Waals surface area contributed by atoms with Crippen molar-refractivity contribution in [3.8, 4) is 5.88 Å². The lowest BCUT2D eigenvalue weighted by molar-refractivity contribution is 0.398. The third-order valence-electron chi connectivity index (χ3n) is 2.17. The number of ether oxygens (including phenoxy) is 1. The Hall–Kier alpha value is -1.35. The van der Waals surface area contributed by atoms with Gasteiger partial charge in [0.15, 0.2) is 0 Å². The van der Waals surface area contributed by atoms with Crippen LogP contribution in [0.4, 0.5) is 0 Å². The number of methoxy groups -OCH3 is 1. The van der Waals surface area contributed by atoms with Gasteiger partial charge in [-0.1, -0.05) is 25.5 Å². The van der Waals surface area contributed by atoms with E-state index in [1.807, 2.05) is 18.3 Å². The summed E-state index contributed by atoms with van der Waals surface area (Å²) in [6, 6.07) is 4.39. The SMILES string of the molecule is COc1ccc(/C=C(/C)CNC(C)C)cn1. The van der Waals surface area contributed by atoms with Gasteiger partial charge in [-0.2, -0.15) is 0 Å². The van der Waals surface area contributed by atoms with Crippen LogP contribution in [0.25, 0.3) is 6.08 Å². The van der Waals surface area contributed by atoms with Crippen molar-refractivity contribution in [3.63, 3.8) is 0 Å². The van der Waals surface area contributed by atoms with Crippen LogP contribution in [0.5, 0.6) is 5.88 Å². The highest BCUT2D eigenvalue weighted by Crippen LogP contribution is 2.09. The summed E-state index contributed by atoms with van der Waals surface area (Å²) in [4.78, 5) is 4.16. The molecule has 16 heavy (non-hydrogen) atoms. The van der Waals surface area contributed by atoms with Gasteiger partial charge in [0.2, 0.25) is 5.88 Å². The molecule has 0 amide bonds. The van der Waals surface area contributed by atoms with Gasteiger partial charge >= 0.3 is 0 Å². The van der Waals surface area contributed by atoms with Gasteiger partial charge in [-0.15, -0.1) is 0 Å². The maximum atomic E-state index is 5.01. The molecule has 0 atom stereocenters. The van der Waals surface area contributed by atoms with Crippen LogP contribution in [0, 0.1) is 0 Å². The molecule has 1 heterocycles. The van der Waals surface area contributed by atoms with Gasteiger partial charge < -0.3 is 10.1 Å². The van der Waals surface area contributed by atoms with Gasteiger partial charge in [0.25, 0.3) is 0 Å². The van der Waals surface area contributed by atoms with Crippen molar-refractivity contribution in [3.05, 3.63) is 29.5 Å². The number of pyridine rings is 1. The van der Waals surface area contributed by atoms with Crippen molar-refractivity contribution >= 4 is 6.08 Å². The maximum Gasteiger partial charge on any atom is 0.212 e. The van der Waals surface area contributed by atoms with E-state index < -0.39 is 0 Å². The number of hydrogen-bond acceptors (Lipinski definition) is 3. The van der Waals surface area contributed by atoms with Crippen LogP contribution in [0.1, 0.15) is 26.3 Å². The van der Waals surface area contributed by atoms with E-state index >= 15 is 0 Å². The molecule has 0 fully saturated rings. The highest BCUT2D eigenvalue weighted by Gasteiger charge is 1.96. The second-order valence-electron chi connectivity index (χ2n) is 4.16. The highest BCUT2D eigenvalue weighted by atomic mass is 16.5. The lowest BCUT2D eigenvalue weighted by Gasteiger charge is -2.08. The Kier molecular flexibility index (Phi) is 4.99. The summed E-state index contributed by atoms with van der Waals surface area (Å²) in [5.74, 6) is 0.648. The fourth-order valence-electron chi connectivity index (χ4n) is 1.30. The monoisotopic (exact) mass is 220 g/mol. The van der Waals surface area contributed by atoms with Crippen molar-refractivity contribution in [2.24, 2.45) is 0 Å². The molecule has 3 nitrogen and oxygen atoms in total. The van der Waals surface area contributed by atoms with Crippen LogP contribution in [0.15, 0.2) is 23.9 Å². The number of nitrogens with zero attached hydrogens (tertiary/aromatic N) is 1. The average molecular weight is 220 g/mol. The molecule has 1 aromatic rings. The van der Waals surface area contributed by atoms with Crippen molar-refractivity contribution in [2.75, 3.05) is 13.7 Å². The van der Waals surface area contributed by atoms with Crippen LogP contribution < -0.4 is 10.1 Å². The smallest absolute Gasteiger partial charge is 0.212 e. The second kappa shape index (κ2) is 6.28. The van der Waals surface area contributed by atoms with Gasteiger partial charge in [-0.3, -0.25) is 0 Å². The molecular formula is C13H20N2O. The lowest BCUT2D eigenvalue weighted by Crippen LogP contribution is -2.24. The predicted molar refractivity (Wildman–Crippen MR) is 67.6 cm³/mol. The van der Waals surface area contributed by atoms with Crippen LogP contribution in [0.2, 0.25) is 0 Å². The van der Waals surface area contributed by atoms with E-state index in [-0.39, 0.29) is 0 Å². The number of hydrogen-bond donors (Lipinski definition) is 1. The Morgan fingerprint density at radius 3 is 2.75 bits per heavy atom. The molecule has 0 bridgehead atoms. The molecule has 1 rings (SSSR count). The van der Waals surface area contributed by atoms with Crippen molar-refractivity contribution in [1.29, 1.82) is 0 Å². The minimum atomic E-state index is 0.511. The van der Waals surface area contributed by atoms with Crippen molar-refractivity contribution in [1.82, 2.24) is 10.3 Å². The average Bonchev–Trinajstić information content (AvgIpc) is 2.27. The minimum absolute atomic E-state index is 0.511. The van der Waals surface area contributed by atoms with E-state index in [2.05, 4.69) is 37.1 Å². The lowest BCUT2D eigenvalue weighted by atomic mass is 10.2. The van der Waals surface area contributed by atoms with E-state index in [4.69, 9.17) is 4.74 Å². The van der Waals surface area contributed by atoms with E-state index in [1.165, 1.54) is 5.57 Å². The standard InChI is InChI=1S/C13H20N2O/c1-10(2)14-8-11(3)7-12-5-6-13(16-4)15-9-12/h5-7,9-10,14H,8H2,1-4H3/b11-7-. The number of aromatic nitrogens is 1. The summed E-state index contributed by atoms with van der Waals surface area (Å²) >= 11 is 0. The largest absolute Gasteiger partial charge is 0.481 e. The molecule has 0 spiro atoms. The van der Waals surface area contributed by atoms with Crippen LogP contribution in [-0.2, 0) is 0 Å². The van der Waals surface area contributed by atoms with Gasteiger partial charge in [0.05, 0.1) is 7.11 Å². The maximum absolute atomic E-state index is 5.01. The zero-order valence-corrected chi connectivity index (χ0v) is 10.4. The van der Waals surface area contributed by atoms with E-state index in [1.54, 1.807) is 7.11 Å². The molecule has 0 aliphatic rings. The van der Waals surface area contributed by atoms with Crippen LogP contribution in [-0.4, -0.2) is 24.7 Å². The summed E-state index contributed by atoms with van der Waals surface area (Å²) in [5, 5.41) is 3.37. The highest BCUT2D eigenvalue weighted by molar-refractivity contribution is 5.51. The van der Waals surface area contributed by atoms with E-state index in [0.29, 0.717) is 11.9 Å². The first-order chi connectivity index (χ1) is 7.61. The van der Waals surface area contributed by atoms with Gasteiger partial charge in [0.1, 0.15) is 0 Å². The number of nitrogens with one attached hydrogen (secondary N) is 1. The Labute approximate surface area is 97.5 Å². The summed E-state index contributed by atoms with van der Waals surface area (Å²) in [6.07, 6.45) is 3.94. The third-order valence-corrected chi connectivity index (χ3v) is 2.17. The van der Waals surface area contributed by atoms with Gasteiger partial charge in [-0.05, 0) is 18.6 Å². The van der Waals surface area contributed by atoms with Gasteiger partial charge in [-0.25, -0.2) is 4.98 Å². The van der Waals surface area contributed by atoms with Crippen molar-refractivity contribution < 1.29 is 4.74 Å². The molecule has 0 radical (unpaired) electrons. The third kappa shape index (κ3) is 4.45. The topological polar surface area (TPSA) is 34.1 Å². The molecule has 0 unspecified atom stereocenters. The Balaban J connectivity index is 2.59. The molecule has 0 aromatic carbocycles. The summed E-state index contributed by atoms with van der Waals surface area (Å²) in [7, 11) is 1.62. The molecule has 0 saturated carbocycles. The van der Waals surface area contributed by atoms with Crippen molar-refractivity contribution in [2.45, 2.75) is 26.8 Å². The Bertz CT molecular complexity index is 341. The molecule has 88 valence electrons. The van der Waals surface area contributed by atoms with Crippen LogP contribution in [0.3, 0.4) is 0 Å². The van der Waals surface area contributed by atoms with Crippen LogP contribution >= 0.6 is 0 Å². The normalized spacial score (nSPS) is 11.9. The molecular weight excluding hydrogens is 200 g/mol. The predicted octanol–water partition coefficient (Wildman–Crippen LogP) is 2.49. The van der Waals surface area contributed by atoms with E-state index in [0.717, 1.165) is 12.1 Å². The first kappa shape index (κ1) is 12.7. The summed E-state index contributed by atoms with van der Waals surface area (Å²) < 4.78 is 5.01. The first-order valence-corrected chi connectivity index (χ1v) is 5.52. The zero-order chi connectivity index (χ0) is 12.0. The van der Waals surface area contributed by atoms with Gasteiger partial charge in [0, 0.05) is 24.8 Å².